The van der Waals surface area contributed by atoms with Crippen LogP contribution in [-0.2, 0) is 14.0 Å². The van der Waals surface area contributed by atoms with E-state index in [9.17, 15) is 13.2 Å². The first-order valence-electron chi connectivity index (χ1n) is 2.73. The summed E-state index contributed by atoms with van der Waals surface area (Å²) in [6, 6.07) is 0. The molecular formula is C4H8ClNO4S. The average molecular weight is 202 g/mol. The van der Waals surface area contributed by atoms with Gasteiger partial charge in [-0.2, -0.15) is 12.7 Å². The third-order valence-electron chi connectivity index (χ3n) is 0.929. The lowest BCUT2D eigenvalue weighted by Crippen LogP contribution is -2.33. The predicted octanol–water partition coefficient (Wildman–Crippen LogP) is 0.558. The zero-order chi connectivity index (χ0) is 9.07. The van der Waals surface area contributed by atoms with Crippen molar-refractivity contribution in [2.75, 3.05) is 13.7 Å². The average Bonchev–Trinajstić information content (AvgIpc) is 1.86. The van der Waals surface area contributed by atoms with E-state index < -0.39 is 15.3 Å². The summed E-state index contributed by atoms with van der Waals surface area (Å²) in [5.41, 5.74) is 0. The predicted molar refractivity (Wildman–Crippen MR) is 39.6 cm³/mol. The zero-order valence-corrected chi connectivity index (χ0v) is 7.65. The molecule has 0 rings (SSSR count). The second-order valence-corrected chi connectivity index (χ2v) is 4.01. The van der Waals surface area contributed by atoms with E-state index in [1.165, 1.54) is 6.92 Å². The van der Waals surface area contributed by atoms with Crippen LogP contribution in [0, 0.1) is 0 Å². The molecule has 1 amide bonds. The van der Waals surface area contributed by atoms with Gasteiger partial charge in [-0.15, -0.1) is 0 Å². The number of carbonyl (C=O) groups is 1. The number of halogens is 1. The van der Waals surface area contributed by atoms with E-state index in [-0.39, 0.29) is 6.54 Å². The number of amides is 1. The minimum absolute atomic E-state index is 0.0431. The summed E-state index contributed by atoms with van der Waals surface area (Å²) < 4.78 is 25.7. The molecule has 0 saturated carbocycles. The standard InChI is InChI=1S/C4H8ClNO4S/c1-3-6(4(7)10-2)11(5,8)9/h3H2,1-2H3. The highest BCUT2D eigenvalue weighted by molar-refractivity contribution is 8.12. The monoisotopic (exact) mass is 201 g/mol. The molecule has 7 heteroatoms. The maximum absolute atomic E-state index is 10.6. The fourth-order valence-corrected chi connectivity index (χ4v) is 1.50. The minimum atomic E-state index is -4.00. The third kappa shape index (κ3) is 2.94. The molecule has 5 nitrogen and oxygen atoms in total. The first-order valence-corrected chi connectivity index (χ1v) is 5.00. The number of ether oxygens (including phenoxy) is 1. The molecule has 0 N–H and O–H groups in total. The van der Waals surface area contributed by atoms with Crippen LogP contribution in [0.1, 0.15) is 6.92 Å². The molecule has 0 aliphatic rings. The lowest BCUT2D eigenvalue weighted by Gasteiger charge is -2.13. The van der Waals surface area contributed by atoms with Gasteiger partial charge in [0.25, 0.3) is 0 Å². The third-order valence-corrected chi connectivity index (χ3v) is 2.36. The number of methoxy groups -OCH3 is 1. The molecule has 0 unspecified atom stereocenters. The largest absolute Gasteiger partial charge is 0.452 e. The molecule has 0 heterocycles. The number of carbonyl (C=O) groups excluding carboxylic acids is 1. The molecule has 0 aliphatic heterocycles. The fraction of sp³-hybridized carbons (Fsp3) is 0.750. The first-order chi connectivity index (χ1) is 4.93. The van der Waals surface area contributed by atoms with E-state index in [4.69, 9.17) is 10.7 Å². The highest BCUT2D eigenvalue weighted by Gasteiger charge is 2.23. The van der Waals surface area contributed by atoms with Gasteiger partial charge in [-0.1, -0.05) is 0 Å². The normalized spacial score (nSPS) is 10.8. The molecule has 66 valence electrons. The van der Waals surface area contributed by atoms with Crippen molar-refractivity contribution < 1.29 is 17.9 Å². The summed E-state index contributed by atoms with van der Waals surface area (Å²) in [7, 11) is 1.95. The molecule has 0 aromatic heterocycles. The van der Waals surface area contributed by atoms with Crippen LogP contribution >= 0.6 is 10.7 Å². The molecule has 0 radical (unpaired) electrons. The van der Waals surface area contributed by atoms with Gasteiger partial charge in [0.15, 0.2) is 0 Å². The number of hydrogen-bond donors (Lipinski definition) is 0. The Balaban J connectivity index is 4.56. The van der Waals surface area contributed by atoms with Crippen LogP contribution in [0.2, 0.25) is 0 Å². The smallest absolute Gasteiger partial charge is 0.424 e. The molecular weight excluding hydrogens is 194 g/mol. The topological polar surface area (TPSA) is 63.7 Å². The SMILES string of the molecule is CCN(C(=O)OC)S(=O)(=O)Cl. The van der Waals surface area contributed by atoms with Crippen LogP contribution < -0.4 is 0 Å². The second kappa shape index (κ2) is 3.77. The Kier molecular flexibility index (Phi) is 3.61. The number of nitrogens with zero attached hydrogens (tertiary/aromatic N) is 1. The van der Waals surface area contributed by atoms with E-state index >= 15 is 0 Å². The van der Waals surface area contributed by atoms with Gasteiger partial charge in [0, 0.05) is 17.2 Å². The van der Waals surface area contributed by atoms with Crippen molar-refractivity contribution in [3.8, 4) is 0 Å². The van der Waals surface area contributed by atoms with Crippen molar-refractivity contribution >= 4 is 26.0 Å². The Morgan fingerprint density at radius 3 is 2.18 bits per heavy atom. The van der Waals surface area contributed by atoms with Gasteiger partial charge < -0.3 is 4.74 Å². The van der Waals surface area contributed by atoms with Gasteiger partial charge in [0.05, 0.1) is 7.11 Å². The minimum Gasteiger partial charge on any atom is -0.452 e. The molecule has 0 saturated heterocycles. The molecule has 0 atom stereocenters. The summed E-state index contributed by atoms with van der Waals surface area (Å²) in [6.07, 6.45) is -0.984. The van der Waals surface area contributed by atoms with Gasteiger partial charge in [-0.05, 0) is 6.92 Å². The molecule has 11 heavy (non-hydrogen) atoms. The van der Waals surface area contributed by atoms with Crippen LogP contribution in [0.15, 0.2) is 0 Å². The fourth-order valence-electron chi connectivity index (χ4n) is 0.474. The van der Waals surface area contributed by atoms with Crippen molar-refractivity contribution in [1.82, 2.24) is 4.31 Å². The highest BCUT2D eigenvalue weighted by atomic mass is 35.7. The quantitative estimate of drug-likeness (QED) is 0.613. The van der Waals surface area contributed by atoms with Crippen molar-refractivity contribution in [3.63, 3.8) is 0 Å². The van der Waals surface area contributed by atoms with Gasteiger partial charge >= 0.3 is 15.3 Å². The Labute approximate surface area is 69.4 Å². The zero-order valence-electron chi connectivity index (χ0n) is 6.07. The van der Waals surface area contributed by atoms with Gasteiger partial charge in [-0.3, -0.25) is 0 Å². The van der Waals surface area contributed by atoms with Gasteiger partial charge in [0.1, 0.15) is 0 Å². The van der Waals surface area contributed by atoms with Crippen molar-refractivity contribution in [2.45, 2.75) is 6.92 Å². The van der Waals surface area contributed by atoms with Crippen LogP contribution in [0.25, 0.3) is 0 Å². The maximum Gasteiger partial charge on any atom is 0.424 e. The molecule has 0 aromatic rings. The summed E-state index contributed by atoms with van der Waals surface area (Å²) in [4.78, 5) is 10.6. The summed E-state index contributed by atoms with van der Waals surface area (Å²) in [6.45, 7) is 1.43. The lowest BCUT2D eigenvalue weighted by atomic mass is 10.8. The van der Waals surface area contributed by atoms with E-state index in [0.717, 1.165) is 7.11 Å². The second-order valence-electron chi connectivity index (χ2n) is 1.58. The van der Waals surface area contributed by atoms with E-state index in [1.807, 2.05) is 0 Å². The Morgan fingerprint density at radius 2 is 2.09 bits per heavy atom. The Hall–Kier alpha value is -0.490. The number of hydrogen-bond acceptors (Lipinski definition) is 4. The lowest BCUT2D eigenvalue weighted by molar-refractivity contribution is 0.151. The molecule has 0 bridgehead atoms. The maximum atomic E-state index is 10.6. The van der Waals surface area contributed by atoms with Crippen molar-refractivity contribution in [1.29, 1.82) is 0 Å². The highest BCUT2D eigenvalue weighted by Crippen LogP contribution is 2.06. The van der Waals surface area contributed by atoms with E-state index in [2.05, 4.69) is 4.74 Å². The summed E-state index contributed by atoms with van der Waals surface area (Å²) in [5.74, 6) is 0. The Morgan fingerprint density at radius 1 is 1.64 bits per heavy atom. The summed E-state index contributed by atoms with van der Waals surface area (Å²) >= 11 is 0. The van der Waals surface area contributed by atoms with Crippen LogP contribution in [-0.4, -0.2) is 32.5 Å². The Bertz CT molecular complexity index is 236. The van der Waals surface area contributed by atoms with Crippen LogP contribution in [0.4, 0.5) is 4.79 Å². The van der Waals surface area contributed by atoms with Crippen molar-refractivity contribution in [3.05, 3.63) is 0 Å². The van der Waals surface area contributed by atoms with Crippen LogP contribution in [0.3, 0.4) is 0 Å². The van der Waals surface area contributed by atoms with Gasteiger partial charge in [0.2, 0.25) is 0 Å². The number of rotatable bonds is 2. The summed E-state index contributed by atoms with van der Waals surface area (Å²) in [5, 5.41) is 0. The molecule has 0 spiro atoms. The van der Waals surface area contributed by atoms with Gasteiger partial charge in [-0.25, -0.2) is 4.79 Å². The molecule has 0 fully saturated rings. The molecule has 0 aromatic carbocycles. The molecule has 0 aliphatic carbocycles. The van der Waals surface area contributed by atoms with Crippen LogP contribution in [0.5, 0.6) is 0 Å². The van der Waals surface area contributed by atoms with E-state index in [1.54, 1.807) is 0 Å². The van der Waals surface area contributed by atoms with Crippen molar-refractivity contribution in [2.24, 2.45) is 0 Å². The first kappa shape index (κ1) is 10.5. The van der Waals surface area contributed by atoms with E-state index in [0.29, 0.717) is 4.31 Å².